The van der Waals surface area contributed by atoms with E-state index in [1.165, 1.54) is 7.11 Å². The Labute approximate surface area is 70.5 Å². The molecule has 72 valence electrons. The third-order valence-corrected chi connectivity index (χ3v) is 1.95. The second kappa shape index (κ2) is 4.15. The number of hydrogen-bond acceptors (Lipinski definition) is 5. The molecule has 0 unspecified atom stereocenters. The lowest BCUT2D eigenvalue weighted by atomic mass is 10.0. The summed E-state index contributed by atoms with van der Waals surface area (Å²) < 4.78 is 9.83. The third-order valence-electron chi connectivity index (χ3n) is 1.95. The first kappa shape index (κ1) is 9.88. The maximum Gasteiger partial charge on any atom is 0.183 e. The van der Waals surface area contributed by atoms with Crippen LogP contribution in [0.2, 0.25) is 0 Å². The lowest BCUT2D eigenvalue weighted by Gasteiger charge is -2.35. The van der Waals surface area contributed by atoms with Gasteiger partial charge in [0.1, 0.15) is 12.2 Å². The number of methoxy groups -OCH3 is 1. The summed E-state index contributed by atoms with van der Waals surface area (Å²) in [6.07, 6.45) is -2.88. The smallest absolute Gasteiger partial charge is 0.183 e. The van der Waals surface area contributed by atoms with Gasteiger partial charge in [-0.05, 0) is 0 Å². The van der Waals surface area contributed by atoms with Crippen molar-refractivity contribution in [3.63, 3.8) is 0 Å². The molecular formula is C7H14O5. The third kappa shape index (κ3) is 1.94. The Morgan fingerprint density at radius 1 is 1.42 bits per heavy atom. The Kier molecular flexibility index (Phi) is 3.42. The molecule has 0 amide bonds. The molecule has 0 aromatic heterocycles. The maximum atomic E-state index is 9.26. The summed E-state index contributed by atoms with van der Waals surface area (Å²) in [4.78, 5) is 0. The highest BCUT2D eigenvalue weighted by molar-refractivity contribution is 4.80. The average Bonchev–Trinajstić information content (AvgIpc) is 2.05. The van der Waals surface area contributed by atoms with Gasteiger partial charge in [0.25, 0.3) is 0 Å². The van der Waals surface area contributed by atoms with Gasteiger partial charge < -0.3 is 24.8 Å². The maximum absolute atomic E-state index is 9.26. The van der Waals surface area contributed by atoms with Gasteiger partial charge in [-0.15, -0.1) is 0 Å². The summed E-state index contributed by atoms with van der Waals surface area (Å²) in [6.45, 7) is -0.270. The number of ether oxygens (including phenoxy) is 2. The first-order valence-electron chi connectivity index (χ1n) is 3.84. The predicted octanol–water partition coefficient (Wildman–Crippen LogP) is -1.54. The van der Waals surface area contributed by atoms with Crippen molar-refractivity contribution < 1.29 is 24.8 Å². The van der Waals surface area contributed by atoms with Crippen LogP contribution in [0.15, 0.2) is 0 Å². The van der Waals surface area contributed by atoms with E-state index in [0.29, 0.717) is 0 Å². The van der Waals surface area contributed by atoms with E-state index in [4.69, 9.17) is 14.6 Å². The summed E-state index contributed by atoms with van der Waals surface area (Å²) in [7, 11) is 1.40. The van der Waals surface area contributed by atoms with E-state index in [1.54, 1.807) is 0 Å². The second-order valence-corrected chi connectivity index (χ2v) is 2.83. The molecule has 1 rings (SSSR count). The molecule has 1 heterocycles. The largest absolute Gasteiger partial charge is 0.394 e. The van der Waals surface area contributed by atoms with Crippen molar-refractivity contribution in [2.24, 2.45) is 0 Å². The number of rotatable bonds is 2. The zero-order valence-electron chi connectivity index (χ0n) is 6.88. The number of aliphatic hydroxyl groups is 3. The summed E-state index contributed by atoms with van der Waals surface area (Å²) in [5.41, 5.74) is 0. The molecular weight excluding hydrogens is 164 g/mol. The van der Waals surface area contributed by atoms with Gasteiger partial charge in [-0.25, -0.2) is 0 Å². The molecule has 0 aromatic carbocycles. The van der Waals surface area contributed by atoms with E-state index in [0.717, 1.165) is 0 Å². The van der Waals surface area contributed by atoms with Crippen LogP contribution in [0.3, 0.4) is 0 Å². The van der Waals surface area contributed by atoms with Crippen molar-refractivity contribution >= 4 is 0 Å². The van der Waals surface area contributed by atoms with Crippen molar-refractivity contribution in [3.8, 4) is 0 Å². The normalized spacial score (nSPS) is 43.0. The van der Waals surface area contributed by atoms with Crippen LogP contribution in [-0.2, 0) is 9.47 Å². The van der Waals surface area contributed by atoms with E-state index in [-0.39, 0.29) is 13.0 Å². The van der Waals surface area contributed by atoms with E-state index in [2.05, 4.69) is 0 Å². The summed E-state index contributed by atoms with van der Waals surface area (Å²) >= 11 is 0. The minimum atomic E-state index is -0.826. The Bertz CT molecular complexity index is 126. The highest BCUT2D eigenvalue weighted by atomic mass is 16.7. The molecule has 0 spiro atoms. The topological polar surface area (TPSA) is 79.2 Å². The quantitative estimate of drug-likeness (QED) is 0.477. The van der Waals surface area contributed by atoms with Crippen molar-refractivity contribution in [3.05, 3.63) is 0 Å². The average molecular weight is 178 g/mol. The molecule has 3 N–H and O–H groups in total. The molecule has 0 bridgehead atoms. The fourth-order valence-electron chi connectivity index (χ4n) is 1.24. The second-order valence-electron chi connectivity index (χ2n) is 2.83. The van der Waals surface area contributed by atoms with Crippen molar-refractivity contribution in [1.82, 2.24) is 0 Å². The first-order valence-corrected chi connectivity index (χ1v) is 3.84. The van der Waals surface area contributed by atoms with Gasteiger partial charge in [0.05, 0.1) is 12.7 Å². The first-order chi connectivity index (χ1) is 5.69. The Hall–Kier alpha value is -0.200. The molecule has 4 atom stereocenters. The molecule has 5 nitrogen and oxygen atoms in total. The Morgan fingerprint density at radius 3 is 2.58 bits per heavy atom. The van der Waals surface area contributed by atoms with Gasteiger partial charge in [0.2, 0.25) is 0 Å². The molecule has 12 heavy (non-hydrogen) atoms. The molecule has 0 radical (unpaired) electrons. The number of hydrogen-bond donors (Lipinski definition) is 3. The van der Waals surface area contributed by atoms with Crippen LogP contribution in [-0.4, -0.2) is 53.6 Å². The Balaban J connectivity index is 2.50. The van der Waals surface area contributed by atoms with Crippen molar-refractivity contribution in [2.75, 3.05) is 13.7 Å². The SMILES string of the molecule is CO[C@H]1O[C@@H](CO)[C@@H](O)C[C@H]1O. The fraction of sp³-hybridized carbons (Fsp3) is 1.00. The zero-order valence-corrected chi connectivity index (χ0v) is 6.88. The molecule has 5 heteroatoms. The summed E-state index contributed by atoms with van der Waals surface area (Å²) in [5, 5.41) is 27.3. The number of aliphatic hydroxyl groups excluding tert-OH is 3. The monoisotopic (exact) mass is 178 g/mol. The minimum Gasteiger partial charge on any atom is -0.394 e. The van der Waals surface area contributed by atoms with Crippen LogP contribution >= 0.6 is 0 Å². The van der Waals surface area contributed by atoms with Gasteiger partial charge in [-0.1, -0.05) is 0 Å². The summed E-state index contributed by atoms with van der Waals surface area (Å²) in [6, 6.07) is 0. The standard InChI is InChI=1S/C7H14O5/c1-11-7-5(10)2-4(9)6(3-8)12-7/h4-10H,2-3H2,1H3/t4-,5+,6-,7-/m0/s1. The molecule has 0 aromatic rings. The van der Waals surface area contributed by atoms with Gasteiger partial charge in [0, 0.05) is 13.5 Å². The van der Waals surface area contributed by atoms with Crippen LogP contribution in [0.1, 0.15) is 6.42 Å². The lowest BCUT2D eigenvalue weighted by Crippen LogP contribution is -2.49. The van der Waals surface area contributed by atoms with Crippen molar-refractivity contribution in [1.29, 1.82) is 0 Å². The van der Waals surface area contributed by atoms with E-state index in [9.17, 15) is 10.2 Å². The highest BCUT2D eigenvalue weighted by Crippen LogP contribution is 2.20. The minimum absolute atomic E-state index is 0.170. The van der Waals surface area contributed by atoms with Crippen molar-refractivity contribution in [2.45, 2.75) is 31.0 Å². The predicted molar refractivity (Wildman–Crippen MR) is 39.4 cm³/mol. The van der Waals surface area contributed by atoms with Gasteiger partial charge in [-0.2, -0.15) is 0 Å². The Morgan fingerprint density at radius 2 is 2.08 bits per heavy atom. The highest BCUT2D eigenvalue weighted by Gasteiger charge is 2.35. The summed E-state index contributed by atoms with van der Waals surface area (Å²) in [5.74, 6) is 0. The molecule has 1 fully saturated rings. The fourth-order valence-corrected chi connectivity index (χ4v) is 1.24. The van der Waals surface area contributed by atoms with Gasteiger partial charge >= 0.3 is 0 Å². The van der Waals surface area contributed by atoms with E-state index >= 15 is 0 Å². The molecule has 1 aliphatic heterocycles. The van der Waals surface area contributed by atoms with Crippen LogP contribution in [0.25, 0.3) is 0 Å². The zero-order chi connectivity index (χ0) is 9.14. The van der Waals surface area contributed by atoms with Gasteiger partial charge in [0.15, 0.2) is 6.29 Å². The van der Waals surface area contributed by atoms with Crippen LogP contribution in [0.5, 0.6) is 0 Å². The van der Waals surface area contributed by atoms with E-state index < -0.39 is 24.6 Å². The molecule has 1 saturated heterocycles. The lowest BCUT2D eigenvalue weighted by molar-refractivity contribution is -0.261. The van der Waals surface area contributed by atoms with Crippen LogP contribution < -0.4 is 0 Å². The molecule has 0 aliphatic carbocycles. The van der Waals surface area contributed by atoms with Crippen LogP contribution in [0, 0.1) is 0 Å². The van der Waals surface area contributed by atoms with E-state index in [1.807, 2.05) is 0 Å². The van der Waals surface area contributed by atoms with Crippen LogP contribution in [0.4, 0.5) is 0 Å². The molecule has 1 aliphatic rings. The molecule has 0 saturated carbocycles. The van der Waals surface area contributed by atoms with Gasteiger partial charge in [-0.3, -0.25) is 0 Å².